The maximum absolute atomic E-state index is 4.66. The summed E-state index contributed by atoms with van der Waals surface area (Å²) >= 11 is 0. The summed E-state index contributed by atoms with van der Waals surface area (Å²) in [5.74, 6) is 0.931. The molecule has 22 heavy (non-hydrogen) atoms. The molecule has 0 amide bonds. The van der Waals surface area contributed by atoms with E-state index in [4.69, 9.17) is 0 Å². The fourth-order valence-electron chi connectivity index (χ4n) is 2.37. The van der Waals surface area contributed by atoms with Crippen molar-refractivity contribution >= 4 is 12.0 Å². The third kappa shape index (κ3) is 4.99. The minimum atomic E-state index is 0.896. The predicted octanol–water partition coefficient (Wildman–Crippen LogP) is 4.73. The maximum Gasteiger partial charge on any atom is 0.149 e. The van der Waals surface area contributed by atoms with Gasteiger partial charge >= 0.3 is 0 Å². The Morgan fingerprint density at radius 2 is 1.86 bits per heavy atom. The Bertz CT molecular complexity index is 585. The average molecular weight is 295 g/mol. The van der Waals surface area contributed by atoms with Gasteiger partial charge in [-0.05, 0) is 43.5 Å². The highest BCUT2D eigenvalue weighted by Crippen LogP contribution is 2.16. The molecule has 1 aromatic carbocycles. The van der Waals surface area contributed by atoms with Gasteiger partial charge in [0, 0.05) is 12.2 Å². The van der Waals surface area contributed by atoms with E-state index in [1.54, 1.807) is 0 Å². The molecule has 0 atom stereocenters. The van der Waals surface area contributed by atoms with E-state index in [1.807, 2.05) is 36.3 Å². The van der Waals surface area contributed by atoms with Crippen LogP contribution in [0.3, 0.4) is 0 Å². The first-order valence-electron chi connectivity index (χ1n) is 8.01. The second-order valence-electron chi connectivity index (χ2n) is 5.63. The molecule has 0 aliphatic carbocycles. The van der Waals surface area contributed by atoms with Gasteiger partial charge in [-0.1, -0.05) is 50.1 Å². The Hall–Kier alpha value is -2.16. The lowest BCUT2D eigenvalue weighted by Crippen LogP contribution is -2.19. The van der Waals surface area contributed by atoms with E-state index in [-0.39, 0.29) is 0 Å². The van der Waals surface area contributed by atoms with E-state index >= 15 is 0 Å². The maximum atomic E-state index is 4.66. The van der Waals surface area contributed by atoms with Gasteiger partial charge in [0.25, 0.3) is 0 Å². The van der Waals surface area contributed by atoms with E-state index in [0.717, 1.165) is 30.0 Å². The van der Waals surface area contributed by atoms with Gasteiger partial charge in [0.1, 0.15) is 5.82 Å². The number of nitrogens with zero attached hydrogens (tertiary/aromatic N) is 3. The van der Waals surface area contributed by atoms with Gasteiger partial charge in [0.15, 0.2) is 0 Å². The number of aromatic nitrogens is 1. The third-order valence-corrected chi connectivity index (χ3v) is 3.47. The van der Waals surface area contributed by atoms with Crippen molar-refractivity contribution in [2.75, 3.05) is 11.6 Å². The van der Waals surface area contributed by atoms with Crippen molar-refractivity contribution in [3.05, 3.63) is 59.3 Å². The number of rotatable bonds is 7. The van der Waals surface area contributed by atoms with Gasteiger partial charge in [-0.2, -0.15) is 5.10 Å². The number of hydrogen-bond donors (Lipinski definition) is 0. The molecule has 0 fully saturated rings. The Kier molecular flexibility index (Phi) is 6.13. The predicted molar refractivity (Wildman–Crippen MR) is 94.6 cm³/mol. The summed E-state index contributed by atoms with van der Waals surface area (Å²) in [6, 6.07) is 14.4. The average Bonchev–Trinajstić information content (AvgIpc) is 2.50. The fourth-order valence-corrected chi connectivity index (χ4v) is 2.37. The highest BCUT2D eigenvalue weighted by molar-refractivity contribution is 5.80. The van der Waals surface area contributed by atoms with Crippen molar-refractivity contribution in [3.63, 3.8) is 0 Å². The van der Waals surface area contributed by atoms with Gasteiger partial charge in [-0.3, -0.25) is 0 Å². The summed E-state index contributed by atoms with van der Waals surface area (Å²) in [6.45, 7) is 7.24. The molecule has 0 aliphatic rings. The Labute approximate surface area is 133 Å². The lowest BCUT2D eigenvalue weighted by Gasteiger charge is -2.19. The van der Waals surface area contributed by atoms with Crippen molar-refractivity contribution in [2.45, 2.75) is 40.0 Å². The van der Waals surface area contributed by atoms with Gasteiger partial charge in [-0.15, -0.1) is 0 Å². The van der Waals surface area contributed by atoms with Crippen LogP contribution in [-0.4, -0.2) is 17.7 Å². The number of anilines is 1. The third-order valence-electron chi connectivity index (χ3n) is 3.47. The molecule has 1 heterocycles. The van der Waals surface area contributed by atoms with Crippen molar-refractivity contribution in [2.24, 2.45) is 5.10 Å². The topological polar surface area (TPSA) is 28.5 Å². The molecule has 0 saturated carbocycles. The number of benzene rings is 1. The number of aryl methyl sites for hydroxylation is 2. The van der Waals surface area contributed by atoms with Gasteiger partial charge in [0.2, 0.25) is 0 Å². The van der Waals surface area contributed by atoms with Crippen LogP contribution >= 0.6 is 0 Å². The van der Waals surface area contributed by atoms with Crippen LogP contribution in [0.15, 0.2) is 47.6 Å². The normalized spacial score (nSPS) is 11.0. The Morgan fingerprint density at radius 3 is 2.55 bits per heavy atom. The van der Waals surface area contributed by atoms with Gasteiger partial charge in [0.05, 0.1) is 6.21 Å². The van der Waals surface area contributed by atoms with Crippen LogP contribution < -0.4 is 5.01 Å². The monoisotopic (exact) mass is 295 g/mol. The lowest BCUT2D eigenvalue weighted by atomic mass is 10.2. The van der Waals surface area contributed by atoms with Crippen LogP contribution in [-0.2, 0) is 0 Å². The second kappa shape index (κ2) is 8.32. The molecule has 0 saturated heterocycles. The molecule has 0 bridgehead atoms. The van der Waals surface area contributed by atoms with Gasteiger partial charge < -0.3 is 0 Å². The molecule has 3 heteroatoms. The lowest BCUT2D eigenvalue weighted by molar-refractivity contribution is 0.684. The van der Waals surface area contributed by atoms with E-state index < -0.39 is 0 Å². The minimum absolute atomic E-state index is 0.896. The largest absolute Gasteiger partial charge is 0.248 e. The van der Waals surface area contributed by atoms with E-state index in [9.17, 15) is 0 Å². The van der Waals surface area contributed by atoms with E-state index in [0.29, 0.717) is 0 Å². The van der Waals surface area contributed by atoms with Crippen molar-refractivity contribution < 1.29 is 0 Å². The highest BCUT2D eigenvalue weighted by atomic mass is 15.5. The molecule has 0 radical (unpaired) electrons. The molecule has 0 N–H and O–H groups in total. The Morgan fingerprint density at radius 1 is 1.09 bits per heavy atom. The van der Waals surface area contributed by atoms with Crippen LogP contribution in [0, 0.1) is 13.8 Å². The Balaban J connectivity index is 2.20. The first-order chi connectivity index (χ1) is 10.7. The molecule has 0 unspecified atom stereocenters. The van der Waals surface area contributed by atoms with Crippen LogP contribution in [0.4, 0.5) is 5.82 Å². The zero-order chi connectivity index (χ0) is 15.8. The molecule has 116 valence electrons. The fraction of sp³-hybridized carbons (Fsp3) is 0.368. The van der Waals surface area contributed by atoms with Crippen LogP contribution in [0.1, 0.15) is 43.0 Å². The van der Waals surface area contributed by atoms with Crippen LogP contribution in [0.2, 0.25) is 0 Å². The van der Waals surface area contributed by atoms with Crippen molar-refractivity contribution in [3.8, 4) is 0 Å². The molecule has 0 spiro atoms. The first-order valence-corrected chi connectivity index (χ1v) is 8.01. The molecule has 0 aliphatic heterocycles. The molecular weight excluding hydrogens is 270 g/mol. The number of unbranched alkanes of at least 4 members (excludes halogenated alkanes) is 2. The minimum Gasteiger partial charge on any atom is -0.248 e. The highest BCUT2D eigenvalue weighted by Gasteiger charge is 2.07. The van der Waals surface area contributed by atoms with E-state index in [2.05, 4.69) is 48.2 Å². The zero-order valence-electron chi connectivity index (χ0n) is 13.8. The number of pyridine rings is 1. The smallest absolute Gasteiger partial charge is 0.149 e. The first kappa shape index (κ1) is 16.2. The quantitative estimate of drug-likeness (QED) is 0.420. The summed E-state index contributed by atoms with van der Waals surface area (Å²) in [6.07, 6.45) is 5.45. The SMILES string of the molecule is CCCCCN(/N=C/c1ccccc1)c1cc(C)cc(C)n1. The molecule has 3 nitrogen and oxygen atoms in total. The second-order valence-corrected chi connectivity index (χ2v) is 5.63. The summed E-state index contributed by atoms with van der Waals surface area (Å²) < 4.78 is 0. The van der Waals surface area contributed by atoms with Gasteiger partial charge in [-0.25, -0.2) is 9.99 Å². The van der Waals surface area contributed by atoms with Crippen molar-refractivity contribution in [1.29, 1.82) is 0 Å². The molecule has 1 aromatic heterocycles. The number of hydrogen-bond acceptors (Lipinski definition) is 3. The standard InChI is InChI=1S/C19H25N3/c1-4-5-9-12-22(19-14-16(2)13-17(3)21-19)20-15-18-10-7-6-8-11-18/h6-8,10-11,13-15H,4-5,9,12H2,1-3H3/b20-15+. The summed E-state index contributed by atoms with van der Waals surface area (Å²) in [4.78, 5) is 4.64. The molecule has 2 rings (SSSR count). The van der Waals surface area contributed by atoms with Crippen molar-refractivity contribution in [1.82, 2.24) is 4.98 Å². The van der Waals surface area contributed by atoms with Crippen LogP contribution in [0.5, 0.6) is 0 Å². The summed E-state index contributed by atoms with van der Waals surface area (Å²) in [7, 11) is 0. The van der Waals surface area contributed by atoms with E-state index in [1.165, 1.54) is 18.4 Å². The summed E-state index contributed by atoms with van der Waals surface area (Å²) in [5.41, 5.74) is 3.36. The molecular formula is C19H25N3. The van der Waals surface area contributed by atoms with Crippen LogP contribution in [0.25, 0.3) is 0 Å². The zero-order valence-corrected chi connectivity index (χ0v) is 13.8. The summed E-state index contributed by atoms with van der Waals surface area (Å²) in [5, 5.41) is 6.68. The number of hydrazone groups is 1. The molecule has 2 aromatic rings.